The zero-order chi connectivity index (χ0) is 18.2. The lowest BCUT2D eigenvalue weighted by atomic mass is 10.1. The molecule has 2 N–H and O–H groups in total. The Kier molecular flexibility index (Phi) is 7.03. The van der Waals surface area contributed by atoms with Crippen LogP contribution in [0.2, 0.25) is 0 Å². The molecule has 0 bridgehead atoms. The molecule has 8 heteroatoms. The van der Waals surface area contributed by atoms with Crippen molar-refractivity contribution in [1.82, 2.24) is 10.2 Å². The van der Waals surface area contributed by atoms with Gasteiger partial charge in [-0.2, -0.15) is 0 Å². The molecule has 0 aromatic heterocycles. The number of thioether (sulfide) groups is 1. The second-order valence-corrected chi connectivity index (χ2v) is 6.27. The number of hydrogen-bond donors (Lipinski definition) is 2. The molecule has 1 fully saturated rings. The molecule has 134 valence electrons. The fourth-order valence-corrected chi connectivity index (χ4v) is 3.05. The van der Waals surface area contributed by atoms with E-state index in [2.05, 4.69) is 12.2 Å². The molecule has 3 amide bonds. The minimum absolute atomic E-state index is 0.143. The molecule has 1 aromatic carbocycles. The average molecular weight is 364 g/mol. The molecule has 25 heavy (non-hydrogen) atoms. The summed E-state index contributed by atoms with van der Waals surface area (Å²) in [7, 11) is 0. The number of nitrogens with zero attached hydrogens (tertiary/aromatic N) is 1. The summed E-state index contributed by atoms with van der Waals surface area (Å²) >= 11 is 0.912. The maximum Gasteiger partial charge on any atom is 0.404 e. The summed E-state index contributed by atoms with van der Waals surface area (Å²) in [5, 5.41) is 10.3. The van der Waals surface area contributed by atoms with Crippen LogP contribution in [0.4, 0.5) is 9.59 Å². The topological polar surface area (TPSA) is 95.9 Å². The van der Waals surface area contributed by atoms with Crippen molar-refractivity contribution in [3.05, 3.63) is 40.3 Å². The Morgan fingerprint density at radius 1 is 1.28 bits per heavy atom. The van der Waals surface area contributed by atoms with Crippen molar-refractivity contribution in [1.29, 1.82) is 0 Å². The largest absolute Gasteiger partial charge is 0.465 e. The van der Waals surface area contributed by atoms with Gasteiger partial charge in [-0.3, -0.25) is 14.5 Å². The van der Waals surface area contributed by atoms with E-state index in [1.54, 1.807) is 6.08 Å². The number of carbonyl (C=O) groups is 3. The van der Waals surface area contributed by atoms with Crippen LogP contribution in [0.5, 0.6) is 0 Å². The molecular weight excluding hydrogens is 344 g/mol. The molecule has 0 spiro atoms. The number of carboxylic acid groups (broad SMARTS) is 1. The number of rotatable bonds is 8. The van der Waals surface area contributed by atoms with Crippen molar-refractivity contribution in [2.24, 2.45) is 0 Å². The molecule has 0 radical (unpaired) electrons. The fourth-order valence-electron chi connectivity index (χ4n) is 2.18. The van der Waals surface area contributed by atoms with Crippen LogP contribution in [-0.4, -0.2) is 53.5 Å². The van der Waals surface area contributed by atoms with E-state index in [0.29, 0.717) is 4.91 Å². The van der Waals surface area contributed by atoms with Crippen molar-refractivity contribution in [3.63, 3.8) is 0 Å². The summed E-state index contributed by atoms with van der Waals surface area (Å²) in [6.07, 6.45) is 1.53. The summed E-state index contributed by atoms with van der Waals surface area (Å²) < 4.78 is 5.22. The van der Waals surface area contributed by atoms with Gasteiger partial charge in [0, 0.05) is 6.54 Å². The van der Waals surface area contributed by atoms with Gasteiger partial charge < -0.3 is 15.2 Å². The van der Waals surface area contributed by atoms with Gasteiger partial charge in [0.1, 0.15) is 0 Å². The molecule has 0 atom stereocenters. The molecule has 1 aromatic rings. The van der Waals surface area contributed by atoms with E-state index in [9.17, 15) is 14.4 Å². The number of amides is 3. The Bertz CT molecular complexity index is 672. The molecule has 1 heterocycles. The van der Waals surface area contributed by atoms with Gasteiger partial charge >= 0.3 is 6.09 Å². The van der Waals surface area contributed by atoms with Gasteiger partial charge in [-0.1, -0.05) is 31.2 Å². The van der Waals surface area contributed by atoms with E-state index in [1.807, 2.05) is 24.3 Å². The SMILES string of the molecule is CCc1ccc(C=C2SC(=O)N(CCOCCNC(=O)O)C2=O)cc1. The minimum Gasteiger partial charge on any atom is -0.465 e. The lowest BCUT2D eigenvalue weighted by Gasteiger charge is -2.12. The first-order valence-corrected chi connectivity index (χ1v) is 8.71. The van der Waals surface area contributed by atoms with Crippen molar-refractivity contribution >= 4 is 35.1 Å². The summed E-state index contributed by atoms with van der Waals surface area (Å²) in [5.74, 6) is -0.332. The first-order valence-electron chi connectivity index (χ1n) is 7.90. The summed E-state index contributed by atoms with van der Waals surface area (Å²) in [5.41, 5.74) is 2.08. The van der Waals surface area contributed by atoms with Crippen LogP contribution < -0.4 is 5.32 Å². The normalized spacial score (nSPS) is 15.9. The third-order valence-electron chi connectivity index (χ3n) is 3.54. The van der Waals surface area contributed by atoms with Gasteiger partial charge in [-0.05, 0) is 35.4 Å². The molecule has 0 aliphatic carbocycles. The van der Waals surface area contributed by atoms with Crippen LogP contribution in [0.1, 0.15) is 18.1 Å². The van der Waals surface area contributed by atoms with Gasteiger partial charge in [0.2, 0.25) is 0 Å². The second kappa shape index (κ2) is 9.24. The summed E-state index contributed by atoms with van der Waals surface area (Å²) in [4.78, 5) is 36.1. The number of imide groups is 1. The van der Waals surface area contributed by atoms with Crippen molar-refractivity contribution in [3.8, 4) is 0 Å². The number of hydrogen-bond acceptors (Lipinski definition) is 5. The third kappa shape index (κ3) is 5.61. The van der Waals surface area contributed by atoms with Crippen molar-refractivity contribution in [2.75, 3.05) is 26.3 Å². The van der Waals surface area contributed by atoms with E-state index in [4.69, 9.17) is 9.84 Å². The number of carbonyl (C=O) groups excluding carboxylic acids is 2. The predicted molar refractivity (Wildman–Crippen MR) is 95.3 cm³/mol. The standard InChI is InChI=1S/C17H20N2O5S/c1-2-12-3-5-13(6-4-12)11-14-15(20)19(17(23)25-14)8-10-24-9-7-18-16(21)22/h3-6,11,18H,2,7-10H2,1H3,(H,21,22). The van der Waals surface area contributed by atoms with Crippen LogP contribution in [0.15, 0.2) is 29.2 Å². The second-order valence-electron chi connectivity index (χ2n) is 5.27. The first kappa shape index (κ1) is 19.0. The molecule has 7 nitrogen and oxygen atoms in total. The molecule has 1 aliphatic rings. The summed E-state index contributed by atoms with van der Waals surface area (Å²) in [6.45, 7) is 2.72. The zero-order valence-electron chi connectivity index (χ0n) is 13.9. The quantitative estimate of drug-likeness (QED) is 0.544. The molecule has 1 saturated heterocycles. The van der Waals surface area contributed by atoms with Gasteiger partial charge in [0.05, 0.1) is 24.7 Å². The van der Waals surface area contributed by atoms with E-state index in [1.165, 1.54) is 5.56 Å². The van der Waals surface area contributed by atoms with Crippen LogP contribution >= 0.6 is 11.8 Å². The summed E-state index contributed by atoms with van der Waals surface area (Å²) in [6, 6.07) is 7.83. The van der Waals surface area contributed by atoms with Crippen LogP contribution in [0.25, 0.3) is 6.08 Å². The third-order valence-corrected chi connectivity index (χ3v) is 4.45. The molecular formula is C17H20N2O5S. The zero-order valence-corrected chi connectivity index (χ0v) is 14.7. The smallest absolute Gasteiger partial charge is 0.404 e. The highest BCUT2D eigenvalue weighted by atomic mass is 32.2. The maximum absolute atomic E-state index is 12.3. The highest BCUT2D eigenvalue weighted by Gasteiger charge is 2.34. The van der Waals surface area contributed by atoms with Crippen molar-refractivity contribution < 1.29 is 24.2 Å². The highest BCUT2D eigenvalue weighted by Crippen LogP contribution is 2.31. The van der Waals surface area contributed by atoms with Gasteiger partial charge in [0.25, 0.3) is 11.1 Å². The number of benzene rings is 1. The van der Waals surface area contributed by atoms with Crippen LogP contribution in [-0.2, 0) is 16.0 Å². The number of nitrogens with one attached hydrogen (secondary N) is 1. The Hall–Kier alpha value is -2.32. The molecule has 2 rings (SSSR count). The molecule has 0 saturated carbocycles. The monoisotopic (exact) mass is 364 g/mol. The van der Waals surface area contributed by atoms with Crippen molar-refractivity contribution in [2.45, 2.75) is 13.3 Å². The first-order chi connectivity index (χ1) is 12.0. The minimum atomic E-state index is -1.12. The van der Waals surface area contributed by atoms with Gasteiger partial charge in [0.15, 0.2) is 0 Å². The van der Waals surface area contributed by atoms with E-state index < -0.39 is 6.09 Å². The Labute approximate surface area is 150 Å². The molecule has 1 aliphatic heterocycles. The number of aryl methyl sites for hydroxylation is 1. The highest BCUT2D eigenvalue weighted by molar-refractivity contribution is 8.18. The van der Waals surface area contributed by atoms with E-state index in [0.717, 1.165) is 28.6 Å². The van der Waals surface area contributed by atoms with E-state index >= 15 is 0 Å². The lowest BCUT2D eigenvalue weighted by molar-refractivity contribution is -0.123. The maximum atomic E-state index is 12.3. The lowest BCUT2D eigenvalue weighted by Crippen LogP contribution is -2.32. The average Bonchev–Trinajstić information content (AvgIpc) is 2.85. The Balaban J connectivity index is 1.86. The molecule has 0 unspecified atom stereocenters. The van der Waals surface area contributed by atoms with Gasteiger partial charge in [-0.25, -0.2) is 4.79 Å². The van der Waals surface area contributed by atoms with Gasteiger partial charge in [-0.15, -0.1) is 0 Å². The van der Waals surface area contributed by atoms with E-state index in [-0.39, 0.29) is 37.4 Å². The fraction of sp³-hybridized carbons (Fsp3) is 0.353. The van der Waals surface area contributed by atoms with Crippen LogP contribution in [0, 0.1) is 0 Å². The number of ether oxygens (including phenoxy) is 1. The predicted octanol–water partition coefficient (Wildman–Crippen LogP) is 2.57. The van der Waals surface area contributed by atoms with Crippen LogP contribution in [0.3, 0.4) is 0 Å². The Morgan fingerprint density at radius 3 is 2.64 bits per heavy atom. The Morgan fingerprint density at radius 2 is 2.00 bits per heavy atom.